The Balaban J connectivity index is 1.70. The average Bonchev–Trinajstić information content (AvgIpc) is 3.11. The number of rotatable bonds is 2. The van der Waals surface area contributed by atoms with Crippen molar-refractivity contribution >= 4 is 23.0 Å². The zero-order valence-electron chi connectivity index (χ0n) is 19.5. The maximum atomic E-state index is 12.9. The van der Waals surface area contributed by atoms with E-state index in [1.54, 1.807) is 27.9 Å². The summed E-state index contributed by atoms with van der Waals surface area (Å²) in [4.78, 5) is 31.6. The molecular weight excluding hydrogens is 412 g/mol. The number of benzene rings is 1. The predicted molar refractivity (Wildman–Crippen MR) is 118 cm³/mol. The largest absolute Gasteiger partial charge is 0.497 e. The molecule has 8 heteroatoms. The number of fused-ring (bicyclic) bond motifs is 3. The number of carbonyl (C=O) groups excluding carboxylic acids is 2. The van der Waals surface area contributed by atoms with Gasteiger partial charge in [-0.05, 0) is 58.7 Å². The van der Waals surface area contributed by atoms with Crippen molar-refractivity contribution in [2.75, 3.05) is 20.8 Å². The molecule has 1 aromatic carbocycles. The molecule has 2 aromatic rings. The van der Waals surface area contributed by atoms with Gasteiger partial charge >= 0.3 is 12.1 Å². The van der Waals surface area contributed by atoms with E-state index in [2.05, 4.69) is 0 Å². The van der Waals surface area contributed by atoms with Crippen molar-refractivity contribution in [2.45, 2.75) is 64.2 Å². The molecule has 4 rings (SSSR count). The number of ether oxygens (including phenoxy) is 4. The van der Waals surface area contributed by atoms with Crippen molar-refractivity contribution in [3.05, 3.63) is 29.5 Å². The van der Waals surface area contributed by atoms with Gasteiger partial charge in [0.2, 0.25) is 0 Å². The lowest BCUT2D eigenvalue weighted by molar-refractivity contribution is -0.145. The molecule has 0 saturated carbocycles. The standard InChI is InChI=1S/C24H30N2O6/c1-14-20-16(17-11-15(29-5)7-8-18(17)25-14)9-10-24(31-20)12-19(21(27)30-6)26(13-24)22(28)32-23(2,3)4/h7-8,11,19H,9-10,12-13H2,1-6H3/t19-,24-/m0/s1. The van der Waals surface area contributed by atoms with E-state index >= 15 is 0 Å². The van der Waals surface area contributed by atoms with E-state index in [4.69, 9.17) is 23.9 Å². The van der Waals surface area contributed by atoms with Crippen LogP contribution in [0.1, 0.15) is 44.9 Å². The maximum Gasteiger partial charge on any atom is 0.411 e. The topological polar surface area (TPSA) is 87.2 Å². The van der Waals surface area contributed by atoms with Gasteiger partial charge in [0.15, 0.2) is 0 Å². The van der Waals surface area contributed by atoms with Crippen LogP contribution in [0.2, 0.25) is 0 Å². The fraction of sp³-hybridized carbons (Fsp3) is 0.542. The van der Waals surface area contributed by atoms with Crippen LogP contribution in [0.4, 0.5) is 4.79 Å². The van der Waals surface area contributed by atoms with Crippen LogP contribution < -0.4 is 9.47 Å². The number of hydrogen-bond donors (Lipinski definition) is 0. The Morgan fingerprint density at radius 3 is 2.66 bits per heavy atom. The third kappa shape index (κ3) is 3.94. The zero-order chi connectivity index (χ0) is 23.3. The van der Waals surface area contributed by atoms with Gasteiger partial charge < -0.3 is 18.9 Å². The van der Waals surface area contributed by atoms with Crippen molar-refractivity contribution in [2.24, 2.45) is 0 Å². The number of likely N-dealkylation sites (tertiary alicyclic amines) is 1. The minimum Gasteiger partial charge on any atom is -0.497 e. The Morgan fingerprint density at radius 1 is 1.25 bits per heavy atom. The molecule has 0 N–H and O–H groups in total. The van der Waals surface area contributed by atoms with Gasteiger partial charge in [-0.1, -0.05) is 0 Å². The number of hydrogen-bond acceptors (Lipinski definition) is 7. The number of pyridine rings is 1. The molecule has 1 saturated heterocycles. The highest BCUT2D eigenvalue weighted by molar-refractivity contribution is 5.87. The molecule has 0 bridgehead atoms. The Bertz CT molecular complexity index is 1080. The second kappa shape index (κ2) is 7.83. The summed E-state index contributed by atoms with van der Waals surface area (Å²) in [7, 11) is 2.96. The van der Waals surface area contributed by atoms with Crippen LogP contribution in [0.25, 0.3) is 10.9 Å². The van der Waals surface area contributed by atoms with Gasteiger partial charge in [-0.15, -0.1) is 0 Å². The summed E-state index contributed by atoms with van der Waals surface area (Å²) in [5.74, 6) is 1.00. The van der Waals surface area contributed by atoms with Crippen LogP contribution in [-0.4, -0.2) is 60.0 Å². The van der Waals surface area contributed by atoms with Crippen LogP contribution in [-0.2, 0) is 20.7 Å². The third-order valence-corrected chi connectivity index (χ3v) is 6.07. The zero-order valence-corrected chi connectivity index (χ0v) is 19.5. The maximum absolute atomic E-state index is 12.9. The first-order valence-electron chi connectivity index (χ1n) is 10.8. The molecule has 1 fully saturated rings. The molecule has 2 aliphatic rings. The average molecular weight is 443 g/mol. The van der Waals surface area contributed by atoms with Crippen molar-refractivity contribution in [1.29, 1.82) is 0 Å². The highest BCUT2D eigenvalue weighted by Gasteiger charge is 2.53. The summed E-state index contributed by atoms with van der Waals surface area (Å²) >= 11 is 0. The SMILES string of the molecule is COC(=O)[C@@H]1C[C@@]2(CCc3c(c(C)nc4ccc(OC)cc34)O2)CN1C(=O)OC(C)(C)C. The number of esters is 1. The Hall–Kier alpha value is -3.03. The van der Waals surface area contributed by atoms with Crippen molar-refractivity contribution in [3.8, 4) is 11.5 Å². The summed E-state index contributed by atoms with van der Waals surface area (Å²) in [5.41, 5.74) is 1.36. The molecule has 2 atom stereocenters. The summed E-state index contributed by atoms with van der Waals surface area (Å²) in [6, 6.07) is 5.05. The van der Waals surface area contributed by atoms with E-state index in [-0.39, 0.29) is 6.54 Å². The molecule has 8 nitrogen and oxygen atoms in total. The molecule has 0 radical (unpaired) electrons. The highest BCUT2D eigenvalue weighted by atomic mass is 16.6. The molecule has 2 aliphatic heterocycles. The Morgan fingerprint density at radius 2 is 2.00 bits per heavy atom. The van der Waals surface area contributed by atoms with Crippen LogP contribution in [0.15, 0.2) is 18.2 Å². The first-order valence-corrected chi connectivity index (χ1v) is 10.8. The minimum absolute atomic E-state index is 0.247. The molecule has 1 spiro atoms. The molecule has 1 amide bonds. The number of carbonyl (C=O) groups is 2. The molecule has 32 heavy (non-hydrogen) atoms. The van der Waals surface area contributed by atoms with Gasteiger partial charge in [0.1, 0.15) is 28.7 Å². The summed E-state index contributed by atoms with van der Waals surface area (Å²) < 4.78 is 22.5. The van der Waals surface area contributed by atoms with Crippen LogP contribution in [0.5, 0.6) is 11.5 Å². The number of aromatic nitrogens is 1. The quantitative estimate of drug-likeness (QED) is 0.654. The number of nitrogens with zero attached hydrogens (tertiary/aromatic N) is 2. The van der Waals surface area contributed by atoms with Gasteiger partial charge in [-0.2, -0.15) is 0 Å². The van der Waals surface area contributed by atoms with Gasteiger partial charge in [0, 0.05) is 17.4 Å². The predicted octanol–water partition coefficient (Wildman–Crippen LogP) is 3.80. The number of methoxy groups -OCH3 is 2. The van der Waals surface area contributed by atoms with E-state index in [0.717, 1.165) is 34.3 Å². The van der Waals surface area contributed by atoms with Crippen molar-refractivity contribution in [3.63, 3.8) is 0 Å². The van der Waals surface area contributed by atoms with Crippen molar-refractivity contribution < 1.29 is 28.5 Å². The second-order valence-electron chi connectivity index (χ2n) is 9.52. The Labute approximate surface area is 187 Å². The van der Waals surface area contributed by atoms with Gasteiger partial charge in [-0.25, -0.2) is 14.6 Å². The van der Waals surface area contributed by atoms with Crippen LogP contribution >= 0.6 is 0 Å². The fourth-order valence-electron chi connectivity index (χ4n) is 4.62. The van der Waals surface area contributed by atoms with Crippen LogP contribution in [0, 0.1) is 6.92 Å². The normalized spacial score (nSPS) is 22.4. The van der Waals surface area contributed by atoms with E-state index in [1.165, 1.54) is 12.0 Å². The lowest BCUT2D eigenvalue weighted by Crippen LogP contribution is -2.46. The van der Waals surface area contributed by atoms with E-state index in [1.807, 2.05) is 25.1 Å². The lowest BCUT2D eigenvalue weighted by Gasteiger charge is -2.36. The summed E-state index contributed by atoms with van der Waals surface area (Å²) in [6.45, 7) is 7.56. The summed E-state index contributed by atoms with van der Waals surface area (Å²) in [5, 5.41) is 0.992. The third-order valence-electron chi connectivity index (χ3n) is 6.07. The monoisotopic (exact) mass is 442 g/mol. The minimum atomic E-state index is -0.759. The molecule has 0 unspecified atom stereocenters. The van der Waals surface area contributed by atoms with Gasteiger partial charge in [0.25, 0.3) is 0 Å². The second-order valence-corrected chi connectivity index (χ2v) is 9.52. The first kappa shape index (κ1) is 22.2. The number of amides is 1. The summed E-state index contributed by atoms with van der Waals surface area (Å²) in [6.07, 6.45) is 1.19. The Kier molecular flexibility index (Phi) is 5.43. The van der Waals surface area contributed by atoms with Gasteiger partial charge in [-0.3, -0.25) is 4.90 Å². The number of aryl methyl sites for hydroxylation is 2. The van der Waals surface area contributed by atoms with Crippen molar-refractivity contribution in [1.82, 2.24) is 9.88 Å². The van der Waals surface area contributed by atoms with Gasteiger partial charge in [0.05, 0.1) is 32.0 Å². The van der Waals surface area contributed by atoms with E-state index in [0.29, 0.717) is 18.6 Å². The molecule has 172 valence electrons. The van der Waals surface area contributed by atoms with E-state index in [9.17, 15) is 9.59 Å². The molecular formula is C24H30N2O6. The highest BCUT2D eigenvalue weighted by Crippen LogP contribution is 2.45. The molecule has 0 aliphatic carbocycles. The fourth-order valence-corrected chi connectivity index (χ4v) is 4.62. The smallest absolute Gasteiger partial charge is 0.411 e. The van der Waals surface area contributed by atoms with E-state index < -0.39 is 29.3 Å². The first-order chi connectivity index (χ1) is 15.1. The molecule has 3 heterocycles. The molecule has 1 aromatic heterocycles. The lowest BCUT2D eigenvalue weighted by atomic mass is 9.87. The van der Waals surface area contributed by atoms with Crippen LogP contribution in [0.3, 0.4) is 0 Å².